The molecule has 0 bridgehead atoms. The van der Waals surface area contributed by atoms with Crippen LogP contribution in [0.1, 0.15) is 199 Å². The van der Waals surface area contributed by atoms with Crippen molar-refractivity contribution in [1.29, 1.82) is 0 Å². The normalized spacial score (nSPS) is 13.9. The van der Waals surface area contributed by atoms with Crippen molar-refractivity contribution in [3.8, 4) is 0 Å². The number of ether oxygens (including phenoxy) is 8. The Morgan fingerprint density at radius 2 is 0.506 bits per heavy atom. The fourth-order valence-corrected chi connectivity index (χ4v) is 3.60. The Kier molecular flexibility index (Phi) is 169. The fraction of sp³-hybridized carbons (Fsp3) is 0.573. The fourth-order valence-electron chi connectivity index (χ4n) is 3.60. The van der Waals surface area contributed by atoms with E-state index in [-0.39, 0.29) is 29.7 Å². The molecule has 8 nitrogen and oxygen atoms in total. The third-order valence-electron chi connectivity index (χ3n) is 6.88. The van der Waals surface area contributed by atoms with Crippen molar-refractivity contribution in [3.05, 3.63) is 181 Å². The summed E-state index contributed by atoms with van der Waals surface area (Å²) in [7, 11) is 8.30. The second-order valence-electron chi connectivity index (χ2n) is 14.1. The maximum absolute atomic E-state index is 4.82. The number of benzene rings is 4. The lowest BCUT2D eigenvalue weighted by molar-refractivity contribution is 0.171. The molecule has 0 aromatic heterocycles. The first-order valence-electron chi connectivity index (χ1n) is 29.8. The molecule has 0 spiro atoms. The zero-order valence-electron chi connectivity index (χ0n) is 56.3. The van der Waals surface area contributed by atoms with Crippen LogP contribution in [0.4, 0.5) is 0 Å². The minimum atomic E-state index is 0. The van der Waals surface area contributed by atoms with Crippen LogP contribution < -0.4 is 0 Å². The van der Waals surface area contributed by atoms with Gasteiger partial charge in [0.25, 0.3) is 0 Å². The number of epoxide rings is 4. The van der Waals surface area contributed by atoms with E-state index in [0.29, 0.717) is 24.4 Å². The van der Waals surface area contributed by atoms with Crippen molar-refractivity contribution in [2.24, 2.45) is 0 Å². The van der Waals surface area contributed by atoms with Gasteiger partial charge in [-0.25, -0.2) is 0 Å². The van der Waals surface area contributed by atoms with Gasteiger partial charge in [-0.3, -0.25) is 0 Å². The lowest BCUT2D eigenvalue weighted by atomic mass is 10.2. The average molecular weight is 1180 g/mol. The molecule has 0 saturated carbocycles. The van der Waals surface area contributed by atoms with Crippen LogP contribution >= 0.6 is 0 Å². The summed E-state index contributed by atoms with van der Waals surface area (Å²) >= 11 is 0. The molecule has 4 saturated heterocycles. The van der Waals surface area contributed by atoms with Crippen molar-refractivity contribution in [3.63, 3.8) is 0 Å². The van der Waals surface area contributed by atoms with Crippen molar-refractivity contribution >= 4 is 12.2 Å². The molecule has 83 heavy (non-hydrogen) atoms. The summed E-state index contributed by atoms with van der Waals surface area (Å²) in [6.45, 7) is 48.5. The van der Waals surface area contributed by atoms with Gasteiger partial charge in [-0.1, -0.05) is 349 Å². The third kappa shape index (κ3) is 149. The molecular weight excluding hydrogens is 1030 g/mol. The first-order valence-corrected chi connectivity index (χ1v) is 29.8. The SMILES string of the molecule is C.C.C.C.C/C=C\C=C/c1ccccc1.C/C=C\C=C/c1ccccc1.CC.CC.CC.CC.CC.CC.CC.CC1CO1.CCC.CCC.COC.COCC1CO1.COCC1CO1.COCC1CO1.c1ccccc1.c1ccccc1. The average Bonchev–Trinajstić information content (AvgIpc) is 4.23. The highest BCUT2D eigenvalue weighted by atomic mass is 16.6. The van der Waals surface area contributed by atoms with Crippen LogP contribution in [0, 0.1) is 0 Å². The van der Waals surface area contributed by atoms with Crippen LogP contribution in [0.5, 0.6) is 0 Å². The molecule has 4 aromatic rings. The molecule has 4 aliphatic rings. The second-order valence-corrected chi connectivity index (χ2v) is 14.1. The quantitative estimate of drug-likeness (QED) is 0.115. The minimum Gasteiger partial charge on any atom is -0.388 e. The first kappa shape index (κ1) is 113. The van der Waals surface area contributed by atoms with E-state index in [1.54, 1.807) is 35.5 Å². The molecule has 4 aliphatic heterocycles. The molecule has 4 aromatic carbocycles. The Morgan fingerprint density at radius 3 is 0.614 bits per heavy atom. The van der Waals surface area contributed by atoms with Crippen molar-refractivity contribution in [2.45, 2.75) is 212 Å². The number of allylic oxidation sites excluding steroid dienone is 6. The maximum atomic E-state index is 4.82. The molecule has 0 radical (unpaired) electrons. The van der Waals surface area contributed by atoms with Gasteiger partial charge >= 0.3 is 0 Å². The number of methoxy groups -OCH3 is 4. The van der Waals surface area contributed by atoms with Crippen molar-refractivity contribution in [2.75, 3.05) is 81.8 Å². The zero-order valence-corrected chi connectivity index (χ0v) is 56.3. The standard InChI is InChI=1S/2C11H12.2C6H6.3C4H8O2.C3H6O.2C3H8.C2H6O.7C2H6.4CH4/c2*1-2-3-5-8-11-9-6-4-7-10-11;2*1-2-4-6-5-3-1;3*1-5-2-4-3-6-4;1-3-2-4-3;3*1-3-2;7*1-2;;;;/h2*2-10H,1H3;2*1-6H;3*4H,2-3H2,1H3;3H,2H2,1H3;2*3H2,1-2H3;1-2H3;7*1-2H3;4*1H4/b2*3-2-,8-5-;;;;;;;;;;;;;;;;;;;;. The van der Waals surface area contributed by atoms with Gasteiger partial charge in [0.1, 0.15) is 18.3 Å². The van der Waals surface area contributed by atoms with Gasteiger partial charge < -0.3 is 37.9 Å². The molecule has 0 amide bonds. The van der Waals surface area contributed by atoms with Gasteiger partial charge in [0.05, 0.1) is 52.4 Å². The Bertz CT molecular complexity index is 1340. The van der Waals surface area contributed by atoms with Gasteiger partial charge in [0.15, 0.2) is 0 Å². The maximum Gasteiger partial charge on any atom is 0.104 e. The molecule has 4 atom stereocenters. The molecule has 0 aliphatic carbocycles. The summed E-state index contributed by atoms with van der Waals surface area (Å²) in [5.74, 6) is 0. The highest BCUT2D eigenvalue weighted by Gasteiger charge is 2.22. The van der Waals surface area contributed by atoms with E-state index in [2.05, 4.69) is 75.8 Å². The van der Waals surface area contributed by atoms with E-state index in [1.165, 1.54) is 24.0 Å². The molecule has 8 rings (SSSR count). The summed E-state index contributed by atoms with van der Waals surface area (Å²) in [5, 5.41) is 0. The number of rotatable bonds is 10. The molecule has 8 heteroatoms. The molecule has 494 valence electrons. The van der Waals surface area contributed by atoms with Crippen LogP contribution in [0.2, 0.25) is 0 Å². The van der Waals surface area contributed by atoms with Gasteiger partial charge in [-0.15, -0.1) is 0 Å². The highest BCUT2D eigenvalue weighted by molar-refractivity contribution is 5.51. The molecule has 0 N–H and O–H groups in total. The summed E-state index contributed by atoms with van der Waals surface area (Å²) in [4.78, 5) is 0. The summed E-state index contributed by atoms with van der Waals surface area (Å²) in [5.41, 5.74) is 2.48. The van der Waals surface area contributed by atoms with Crippen LogP contribution in [-0.2, 0) is 37.9 Å². The monoisotopic (exact) mass is 1180 g/mol. The van der Waals surface area contributed by atoms with E-state index in [4.69, 9.17) is 33.2 Å². The van der Waals surface area contributed by atoms with Gasteiger partial charge in [-0.2, -0.15) is 0 Å². The molecule has 4 heterocycles. The van der Waals surface area contributed by atoms with E-state index in [9.17, 15) is 0 Å². The van der Waals surface area contributed by atoms with Crippen molar-refractivity contribution < 1.29 is 37.9 Å². The van der Waals surface area contributed by atoms with E-state index in [1.807, 2.05) is 256 Å². The largest absolute Gasteiger partial charge is 0.388 e. The Hall–Kier alpha value is -4.48. The van der Waals surface area contributed by atoms with E-state index < -0.39 is 0 Å². The van der Waals surface area contributed by atoms with Gasteiger partial charge in [-0.05, 0) is 31.9 Å². The van der Waals surface area contributed by atoms with Crippen molar-refractivity contribution in [1.82, 2.24) is 0 Å². The van der Waals surface area contributed by atoms with Gasteiger partial charge in [0, 0.05) is 35.5 Å². The zero-order chi connectivity index (χ0) is 62.7. The minimum absolute atomic E-state index is 0. The van der Waals surface area contributed by atoms with Crippen LogP contribution in [0.3, 0.4) is 0 Å². The Morgan fingerprint density at radius 1 is 0.349 bits per heavy atom. The lowest BCUT2D eigenvalue weighted by Gasteiger charge is -1.87. The van der Waals surface area contributed by atoms with Crippen LogP contribution in [-0.4, -0.2) is 106 Å². The number of hydrogen-bond donors (Lipinski definition) is 0. The predicted molar refractivity (Wildman–Crippen MR) is 385 cm³/mol. The molecular formula is C75H146O8. The third-order valence-corrected chi connectivity index (χ3v) is 6.88. The Balaban J connectivity index is -0.0000000522. The topological polar surface area (TPSA) is 87.0 Å². The van der Waals surface area contributed by atoms with E-state index in [0.717, 1.165) is 46.2 Å². The van der Waals surface area contributed by atoms with Gasteiger partial charge in [0.2, 0.25) is 0 Å². The Labute approximate surface area is 522 Å². The summed E-state index contributed by atoms with van der Waals surface area (Å²) < 4.78 is 37.7. The van der Waals surface area contributed by atoms with Crippen LogP contribution in [0.25, 0.3) is 12.2 Å². The van der Waals surface area contributed by atoms with E-state index >= 15 is 0 Å². The van der Waals surface area contributed by atoms with Crippen LogP contribution in [0.15, 0.2) is 170 Å². The summed E-state index contributed by atoms with van der Waals surface area (Å²) in [6.07, 6.45) is 20.7. The summed E-state index contributed by atoms with van der Waals surface area (Å²) in [6, 6.07) is 44.5. The smallest absolute Gasteiger partial charge is 0.104 e. The molecule has 4 fully saturated rings. The predicted octanol–water partition coefficient (Wildman–Crippen LogP) is 23.2. The second kappa shape index (κ2) is 124. The lowest BCUT2D eigenvalue weighted by Crippen LogP contribution is -1.94. The first-order chi connectivity index (χ1) is 38.8. The highest BCUT2D eigenvalue weighted by Crippen LogP contribution is 2.08. The number of hydrogen-bond acceptors (Lipinski definition) is 8. The molecule has 4 unspecified atom stereocenters.